The molecule has 1 aliphatic rings. The van der Waals surface area contributed by atoms with E-state index < -0.39 is 5.60 Å². The topological polar surface area (TPSA) is 84.6 Å². The van der Waals surface area contributed by atoms with Gasteiger partial charge in [-0.15, -0.1) is 0 Å². The molecule has 1 rings (SSSR count). The first-order valence-corrected chi connectivity index (χ1v) is 5.36. The van der Waals surface area contributed by atoms with Gasteiger partial charge >= 0.3 is 0 Å². The van der Waals surface area contributed by atoms with Crippen molar-refractivity contribution in [1.82, 2.24) is 5.32 Å². The quantitative estimate of drug-likeness (QED) is 0.572. The summed E-state index contributed by atoms with van der Waals surface area (Å²) in [7, 11) is 0. The Morgan fingerprint density at radius 2 is 2.47 bits per heavy atom. The van der Waals surface area contributed by atoms with Crippen LogP contribution in [0.2, 0.25) is 0 Å². The molecule has 4 N–H and O–H groups in total. The predicted octanol–water partition coefficient (Wildman–Crippen LogP) is -0.620. The van der Waals surface area contributed by atoms with Crippen molar-refractivity contribution in [3.05, 3.63) is 0 Å². The molecule has 1 heterocycles. The average molecular weight is 216 g/mol. The first kappa shape index (κ1) is 12.4. The van der Waals surface area contributed by atoms with E-state index in [-0.39, 0.29) is 18.1 Å². The average Bonchev–Trinajstić information content (AvgIpc) is 2.48. The third-order valence-corrected chi connectivity index (χ3v) is 3.07. The van der Waals surface area contributed by atoms with Crippen LogP contribution >= 0.6 is 0 Å². The second kappa shape index (κ2) is 4.92. The molecule has 5 nitrogen and oxygen atoms in total. The third-order valence-electron chi connectivity index (χ3n) is 3.07. The van der Waals surface area contributed by atoms with Crippen molar-refractivity contribution in [2.75, 3.05) is 13.2 Å². The second-order valence-electron chi connectivity index (χ2n) is 4.11. The highest BCUT2D eigenvalue weighted by Gasteiger charge is 2.39. The summed E-state index contributed by atoms with van der Waals surface area (Å²) in [6.07, 6.45) is 1.02. The maximum Gasteiger partial charge on any atom is 0.234 e. The number of carbonyl (C=O) groups excluding carboxylic acids is 1. The minimum absolute atomic E-state index is 0.199. The molecule has 88 valence electrons. The van der Waals surface area contributed by atoms with Gasteiger partial charge in [0.25, 0.3) is 0 Å². The van der Waals surface area contributed by atoms with Crippen molar-refractivity contribution >= 4 is 5.91 Å². The van der Waals surface area contributed by atoms with Crippen molar-refractivity contribution < 1.29 is 14.6 Å². The van der Waals surface area contributed by atoms with Gasteiger partial charge in [-0.3, -0.25) is 4.79 Å². The van der Waals surface area contributed by atoms with Gasteiger partial charge in [0, 0.05) is 19.6 Å². The molecule has 0 aromatic heterocycles. The van der Waals surface area contributed by atoms with Crippen LogP contribution in [-0.4, -0.2) is 41.9 Å². The lowest BCUT2D eigenvalue weighted by Gasteiger charge is -2.28. The summed E-state index contributed by atoms with van der Waals surface area (Å²) in [5, 5.41) is 13.1. The molecule has 1 saturated heterocycles. The van der Waals surface area contributed by atoms with E-state index in [4.69, 9.17) is 10.5 Å². The molecular weight excluding hydrogens is 196 g/mol. The number of amides is 1. The molecule has 0 spiro atoms. The number of rotatable bonds is 5. The number of nitrogens with two attached hydrogens (primary N) is 1. The Labute approximate surface area is 90.0 Å². The van der Waals surface area contributed by atoms with Crippen LogP contribution in [0.4, 0.5) is 0 Å². The first-order chi connectivity index (χ1) is 6.99. The highest BCUT2D eigenvalue weighted by molar-refractivity contribution is 5.79. The Bertz CT molecular complexity index is 235. The van der Waals surface area contributed by atoms with E-state index in [1.807, 2.05) is 13.8 Å². The van der Waals surface area contributed by atoms with Crippen LogP contribution < -0.4 is 11.1 Å². The summed E-state index contributed by atoms with van der Waals surface area (Å²) in [6, 6.07) is -0.373. The molecule has 0 aromatic carbocycles. The molecule has 1 fully saturated rings. The summed E-state index contributed by atoms with van der Waals surface area (Å²) < 4.78 is 5.29. The highest BCUT2D eigenvalue weighted by Crippen LogP contribution is 2.24. The SMILES string of the molecule is CCC(NCC1(O)CCOC1C)C(N)=O. The number of hydrogen-bond acceptors (Lipinski definition) is 4. The van der Waals surface area contributed by atoms with E-state index in [1.54, 1.807) is 0 Å². The third kappa shape index (κ3) is 2.90. The first-order valence-electron chi connectivity index (χ1n) is 5.36. The van der Waals surface area contributed by atoms with Crippen molar-refractivity contribution in [2.45, 2.75) is 44.4 Å². The van der Waals surface area contributed by atoms with Gasteiger partial charge < -0.3 is 20.9 Å². The molecule has 0 saturated carbocycles. The van der Waals surface area contributed by atoms with E-state index >= 15 is 0 Å². The summed E-state index contributed by atoms with van der Waals surface area (Å²) in [4.78, 5) is 11.0. The van der Waals surface area contributed by atoms with Crippen LogP contribution in [-0.2, 0) is 9.53 Å². The fraction of sp³-hybridized carbons (Fsp3) is 0.900. The maximum atomic E-state index is 11.0. The monoisotopic (exact) mass is 216 g/mol. The maximum absolute atomic E-state index is 11.0. The summed E-state index contributed by atoms with van der Waals surface area (Å²) in [6.45, 7) is 4.61. The van der Waals surface area contributed by atoms with E-state index in [0.717, 1.165) is 0 Å². The number of carbonyl (C=O) groups is 1. The van der Waals surface area contributed by atoms with Gasteiger partial charge in [0.15, 0.2) is 0 Å². The highest BCUT2D eigenvalue weighted by atomic mass is 16.5. The van der Waals surface area contributed by atoms with Crippen molar-refractivity contribution in [2.24, 2.45) is 5.73 Å². The van der Waals surface area contributed by atoms with Crippen molar-refractivity contribution in [1.29, 1.82) is 0 Å². The standard InChI is InChI=1S/C10H20N2O3/c1-3-8(9(11)13)12-6-10(14)4-5-15-7(10)2/h7-8,12,14H,3-6H2,1-2H3,(H2,11,13). The molecular formula is C10H20N2O3. The fourth-order valence-electron chi connectivity index (χ4n) is 1.75. The van der Waals surface area contributed by atoms with E-state index in [1.165, 1.54) is 0 Å². The van der Waals surface area contributed by atoms with Crippen LogP contribution in [0, 0.1) is 0 Å². The molecule has 1 amide bonds. The molecule has 15 heavy (non-hydrogen) atoms. The zero-order valence-corrected chi connectivity index (χ0v) is 9.32. The zero-order chi connectivity index (χ0) is 11.5. The summed E-state index contributed by atoms with van der Waals surface area (Å²) in [5.41, 5.74) is 4.32. The zero-order valence-electron chi connectivity index (χ0n) is 9.32. The van der Waals surface area contributed by atoms with Crippen molar-refractivity contribution in [3.8, 4) is 0 Å². The van der Waals surface area contributed by atoms with Gasteiger partial charge in [0.2, 0.25) is 5.91 Å². The Hall–Kier alpha value is -0.650. The van der Waals surface area contributed by atoms with Gasteiger partial charge in [-0.05, 0) is 13.3 Å². The van der Waals surface area contributed by atoms with Gasteiger partial charge in [-0.1, -0.05) is 6.92 Å². The van der Waals surface area contributed by atoms with Gasteiger partial charge in [-0.25, -0.2) is 0 Å². The smallest absolute Gasteiger partial charge is 0.234 e. The normalized spacial score (nSPS) is 32.9. The van der Waals surface area contributed by atoms with Crippen LogP contribution in [0.15, 0.2) is 0 Å². The molecule has 3 unspecified atom stereocenters. The Morgan fingerprint density at radius 3 is 2.87 bits per heavy atom. The predicted molar refractivity (Wildman–Crippen MR) is 56.3 cm³/mol. The van der Waals surface area contributed by atoms with E-state index in [2.05, 4.69) is 5.32 Å². The summed E-state index contributed by atoms with van der Waals surface area (Å²) in [5.74, 6) is -0.382. The minimum atomic E-state index is -0.872. The van der Waals surface area contributed by atoms with E-state index in [0.29, 0.717) is 26.0 Å². The lowest BCUT2D eigenvalue weighted by Crippen LogP contribution is -2.51. The number of aliphatic hydroxyl groups is 1. The van der Waals surface area contributed by atoms with E-state index in [9.17, 15) is 9.90 Å². The van der Waals surface area contributed by atoms with Gasteiger partial charge in [0.1, 0.15) is 5.60 Å². The Kier molecular flexibility index (Phi) is 4.07. The number of primary amides is 1. The molecule has 0 bridgehead atoms. The molecule has 5 heteroatoms. The molecule has 0 aliphatic carbocycles. The minimum Gasteiger partial charge on any atom is -0.386 e. The van der Waals surface area contributed by atoms with Crippen molar-refractivity contribution in [3.63, 3.8) is 0 Å². The largest absolute Gasteiger partial charge is 0.386 e. The van der Waals surface area contributed by atoms with Crippen LogP contribution in [0.25, 0.3) is 0 Å². The van der Waals surface area contributed by atoms with Crippen LogP contribution in [0.3, 0.4) is 0 Å². The van der Waals surface area contributed by atoms with Gasteiger partial charge in [-0.2, -0.15) is 0 Å². The lowest BCUT2D eigenvalue weighted by molar-refractivity contribution is -0.120. The molecule has 0 aromatic rings. The number of ether oxygens (including phenoxy) is 1. The Balaban J connectivity index is 2.44. The lowest BCUT2D eigenvalue weighted by atomic mass is 9.96. The second-order valence-corrected chi connectivity index (χ2v) is 4.11. The molecule has 0 radical (unpaired) electrons. The Morgan fingerprint density at radius 1 is 1.80 bits per heavy atom. The summed E-state index contributed by atoms with van der Waals surface area (Å²) >= 11 is 0. The molecule has 1 aliphatic heterocycles. The number of hydrogen-bond donors (Lipinski definition) is 3. The van der Waals surface area contributed by atoms with Gasteiger partial charge in [0.05, 0.1) is 12.1 Å². The number of nitrogens with one attached hydrogen (secondary N) is 1. The van der Waals surface area contributed by atoms with Crippen LogP contribution in [0.1, 0.15) is 26.7 Å². The molecule has 3 atom stereocenters. The van der Waals surface area contributed by atoms with Crippen LogP contribution in [0.5, 0.6) is 0 Å². The fourth-order valence-corrected chi connectivity index (χ4v) is 1.75.